The molecule has 1 aliphatic carbocycles. The Labute approximate surface area is 157 Å². The average molecular weight is 377 g/mol. The standard InChI is InChI=1S/C20H32N2O3Si/c1-18(2,3)26(4,5)25-15-19-12-20(19,21-17(23)24)14-22(13-19)11-16-9-7-6-8-10-16/h6-10,21H,11-15H2,1-5H3,(H,23,24). The van der Waals surface area contributed by atoms with E-state index in [0.717, 1.165) is 26.1 Å². The minimum atomic E-state index is -1.86. The second-order valence-corrected chi connectivity index (χ2v) is 14.5. The number of carbonyl (C=O) groups is 1. The number of hydrogen-bond acceptors (Lipinski definition) is 3. The van der Waals surface area contributed by atoms with Crippen LogP contribution in [-0.2, 0) is 11.0 Å². The number of amides is 1. The highest BCUT2D eigenvalue weighted by molar-refractivity contribution is 6.74. The maximum Gasteiger partial charge on any atom is 0.405 e. The molecule has 1 aliphatic heterocycles. The molecule has 1 saturated carbocycles. The van der Waals surface area contributed by atoms with Crippen molar-refractivity contribution in [2.45, 2.75) is 57.4 Å². The van der Waals surface area contributed by atoms with Gasteiger partial charge in [0, 0.05) is 31.7 Å². The molecule has 0 bridgehead atoms. The summed E-state index contributed by atoms with van der Waals surface area (Å²) in [4.78, 5) is 13.8. The summed E-state index contributed by atoms with van der Waals surface area (Å²) in [6.07, 6.45) is -0.0487. The maximum atomic E-state index is 11.4. The molecule has 1 aromatic rings. The Hall–Kier alpha value is -1.37. The first kappa shape index (κ1) is 19.4. The lowest BCUT2D eigenvalue weighted by molar-refractivity contribution is 0.176. The Bertz CT molecular complexity index is 673. The summed E-state index contributed by atoms with van der Waals surface area (Å²) in [5.74, 6) is 0. The van der Waals surface area contributed by atoms with E-state index in [2.05, 4.69) is 56.2 Å². The van der Waals surface area contributed by atoms with Crippen molar-refractivity contribution in [2.24, 2.45) is 5.41 Å². The predicted octanol–water partition coefficient (Wildman–Crippen LogP) is 3.92. The summed E-state index contributed by atoms with van der Waals surface area (Å²) in [6, 6.07) is 10.4. The molecule has 2 atom stereocenters. The Morgan fingerprint density at radius 3 is 2.50 bits per heavy atom. The fourth-order valence-electron chi connectivity index (χ4n) is 3.97. The number of likely N-dealkylation sites (tertiary alicyclic amines) is 1. The maximum absolute atomic E-state index is 11.4. The normalized spacial score (nSPS) is 28.7. The van der Waals surface area contributed by atoms with Crippen molar-refractivity contribution in [2.75, 3.05) is 19.7 Å². The minimum Gasteiger partial charge on any atom is -0.465 e. The summed E-state index contributed by atoms with van der Waals surface area (Å²) >= 11 is 0. The van der Waals surface area contributed by atoms with E-state index in [4.69, 9.17) is 4.43 Å². The zero-order valence-corrected chi connectivity index (χ0v) is 17.6. The number of nitrogens with zero attached hydrogens (tertiary/aromatic N) is 1. The van der Waals surface area contributed by atoms with Crippen molar-refractivity contribution in [3.63, 3.8) is 0 Å². The summed E-state index contributed by atoms with van der Waals surface area (Å²) in [5, 5.41) is 12.3. The summed E-state index contributed by atoms with van der Waals surface area (Å²) in [6.45, 7) is 14.4. The van der Waals surface area contributed by atoms with Crippen molar-refractivity contribution >= 4 is 14.4 Å². The minimum absolute atomic E-state index is 0.0876. The van der Waals surface area contributed by atoms with Crippen LogP contribution in [0.1, 0.15) is 32.8 Å². The van der Waals surface area contributed by atoms with Crippen molar-refractivity contribution in [1.82, 2.24) is 10.2 Å². The second kappa shape index (κ2) is 6.36. The van der Waals surface area contributed by atoms with E-state index in [9.17, 15) is 9.90 Å². The van der Waals surface area contributed by atoms with Crippen molar-refractivity contribution in [3.8, 4) is 0 Å². The number of benzene rings is 1. The highest BCUT2D eigenvalue weighted by Crippen LogP contribution is 2.62. The molecule has 2 unspecified atom stereocenters. The van der Waals surface area contributed by atoms with Crippen LogP contribution < -0.4 is 5.32 Å². The van der Waals surface area contributed by atoms with Gasteiger partial charge in [0.15, 0.2) is 8.32 Å². The molecule has 6 heteroatoms. The smallest absolute Gasteiger partial charge is 0.405 e. The average Bonchev–Trinajstić information content (AvgIpc) is 2.99. The van der Waals surface area contributed by atoms with E-state index in [1.54, 1.807) is 0 Å². The SMILES string of the molecule is CC(C)(C)[Si](C)(C)OCC12CN(Cc3ccccc3)CC1(NC(=O)O)C2. The zero-order valence-electron chi connectivity index (χ0n) is 16.6. The Morgan fingerprint density at radius 1 is 1.27 bits per heavy atom. The first-order chi connectivity index (χ1) is 12.0. The van der Waals surface area contributed by atoms with Crippen molar-refractivity contribution in [3.05, 3.63) is 35.9 Å². The van der Waals surface area contributed by atoms with Crippen LogP contribution in [0.15, 0.2) is 30.3 Å². The van der Waals surface area contributed by atoms with Crippen LogP contribution in [0.2, 0.25) is 18.1 Å². The highest BCUT2D eigenvalue weighted by Gasteiger charge is 2.73. The van der Waals surface area contributed by atoms with Crippen LogP contribution in [-0.4, -0.2) is 49.7 Å². The molecular weight excluding hydrogens is 344 g/mol. The van der Waals surface area contributed by atoms with Gasteiger partial charge in [-0.2, -0.15) is 0 Å². The van der Waals surface area contributed by atoms with Gasteiger partial charge >= 0.3 is 6.09 Å². The molecule has 1 amide bonds. The van der Waals surface area contributed by atoms with E-state index < -0.39 is 14.4 Å². The summed E-state index contributed by atoms with van der Waals surface area (Å²) in [5.41, 5.74) is 0.825. The van der Waals surface area contributed by atoms with E-state index in [1.165, 1.54) is 5.56 Å². The third-order valence-corrected chi connectivity index (χ3v) is 11.1. The van der Waals surface area contributed by atoms with Gasteiger partial charge in [0.25, 0.3) is 0 Å². The van der Waals surface area contributed by atoms with Crippen molar-refractivity contribution in [1.29, 1.82) is 0 Å². The van der Waals surface area contributed by atoms with Crippen LogP contribution in [0.5, 0.6) is 0 Å². The molecule has 1 aromatic carbocycles. The van der Waals surface area contributed by atoms with E-state index in [0.29, 0.717) is 6.61 Å². The quantitative estimate of drug-likeness (QED) is 0.739. The Balaban J connectivity index is 1.71. The molecule has 0 spiro atoms. The first-order valence-corrected chi connectivity index (χ1v) is 12.3. The van der Waals surface area contributed by atoms with Crippen LogP contribution >= 0.6 is 0 Å². The number of nitrogens with one attached hydrogen (secondary N) is 1. The Kier molecular flexibility index (Phi) is 4.74. The van der Waals surface area contributed by atoms with E-state index >= 15 is 0 Å². The van der Waals surface area contributed by atoms with Crippen LogP contribution in [0.4, 0.5) is 4.79 Å². The summed E-state index contributed by atoms with van der Waals surface area (Å²) < 4.78 is 6.51. The number of hydrogen-bond donors (Lipinski definition) is 2. The van der Waals surface area contributed by atoms with Gasteiger partial charge in [-0.05, 0) is 30.1 Å². The molecular formula is C20H32N2O3Si. The second-order valence-electron chi connectivity index (χ2n) is 9.65. The van der Waals surface area contributed by atoms with Crippen molar-refractivity contribution < 1.29 is 14.3 Å². The lowest BCUT2D eigenvalue weighted by Crippen LogP contribution is -2.46. The fraction of sp³-hybridized carbons (Fsp3) is 0.650. The molecule has 144 valence electrons. The number of rotatable bonds is 6. The van der Waals surface area contributed by atoms with Crippen LogP contribution in [0.25, 0.3) is 0 Å². The first-order valence-electron chi connectivity index (χ1n) is 9.40. The summed E-state index contributed by atoms with van der Waals surface area (Å²) in [7, 11) is -1.86. The van der Waals surface area contributed by atoms with Gasteiger partial charge in [-0.25, -0.2) is 4.79 Å². The molecule has 3 rings (SSSR count). The van der Waals surface area contributed by atoms with E-state index in [1.807, 2.05) is 18.2 Å². The van der Waals surface area contributed by atoms with Gasteiger partial charge in [0.05, 0.1) is 5.54 Å². The van der Waals surface area contributed by atoms with Gasteiger partial charge in [0.2, 0.25) is 0 Å². The van der Waals surface area contributed by atoms with Crippen LogP contribution in [0.3, 0.4) is 0 Å². The fourth-order valence-corrected chi connectivity index (χ4v) is 5.04. The highest BCUT2D eigenvalue weighted by atomic mass is 28.4. The van der Waals surface area contributed by atoms with E-state index in [-0.39, 0.29) is 16.0 Å². The molecule has 1 heterocycles. The molecule has 26 heavy (non-hydrogen) atoms. The topological polar surface area (TPSA) is 61.8 Å². The number of carboxylic acid groups (broad SMARTS) is 1. The van der Waals surface area contributed by atoms with Gasteiger partial charge < -0.3 is 14.8 Å². The number of fused-ring (bicyclic) bond motifs is 1. The third kappa shape index (κ3) is 3.55. The zero-order chi connectivity index (χ0) is 19.2. The molecule has 0 aromatic heterocycles. The molecule has 0 radical (unpaired) electrons. The number of piperidine rings is 1. The molecule has 5 nitrogen and oxygen atoms in total. The lowest BCUT2D eigenvalue weighted by atomic mass is 10.1. The monoisotopic (exact) mass is 376 g/mol. The Morgan fingerprint density at radius 2 is 1.92 bits per heavy atom. The molecule has 2 fully saturated rings. The molecule has 2 aliphatic rings. The van der Waals surface area contributed by atoms with Gasteiger partial charge in [-0.3, -0.25) is 4.90 Å². The molecule has 1 saturated heterocycles. The van der Waals surface area contributed by atoms with Gasteiger partial charge in [-0.1, -0.05) is 51.1 Å². The predicted molar refractivity (Wildman–Crippen MR) is 106 cm³/mol. The largest absolute Gasteiger partial charge is 0.465 e. The third-order valence-electron chi connectivity index (χ3n) is 6.66. The van der Waals surface area contributed by atoms with Gasteiger partial charge in [0.1, 0.15) is 0 Å². The molecule has 2 N–H and O–H groups in total. The van der Waals surface area contributed by atoms with Gasteiger partial charge in [-0.15, -0.1) is 0 Å². The van der Waals surface area contributed by atoms with Crippen LogP contribution in [0, 0.1) is 5.41 Å². The lowest BCUT2D eigenvalue weighted by Gasteiger charge is -2.37.